The molecule has 2 nitrogen and oxygen atoms in total. The third kappa shape index (κ3) is 1.14. The zero-order chi connectivity index (χ0) is 12.3. The lowest BCUT2D eigenvalue weighted by Crippen LogP contribution is -2.43. The average molecular weight is 259 g/mol. The van der Waals surface area contributed by atoms with E-state index in [9.17, 15) is 0 Å². The minimum atomic E-state index is 0.143. The molecule has 1 atom stereocenters. The van der Waals surface area contributed by atoms with Gasteiger partial charge in [-0.15, -0.1) is 0 Å². The van der Waals surface area contributed by atoms with E-state index in [1.807, 2.05) is 6.07 Å². The van der Waals surface area contributed by atoms with Crippen molar-refractivity contribution >= 4 is 17.3 Å². The predicted octanol–water partition coefficient (Wildman–Crippen LogP) is 3.96. The largest absolute Gasteiger partial charge is 0.359 e. The number of hydrogen-bond donors (Lipinski definition) is 0. The Balaban J connectivity index is 2.07. The highest BCUT2D eigenvalue weighted by Gasteiger charge is 2.44. The summed E-state index contributed by atoms with van der Waals surface area (Å²) in [5.41, 5.74) is 4.05. The fourth-order valence-electron chi connectivity index (χ4n) is 3.56. The number of rotatable bonds is 0. The topological polar surface area (TPSA) is 8.17 Å². The van der Waals surface area contributed by atoms with Crippen LogP contribution in [-0.4, -0.2) is 11.1 Å². The molecule has 2 aromatic rings. The number of hydrogen-bond acceptors (Lipinski definition) is 1. The Morgan fingerprint density at radius 1 is 1.22 bits per heavy atom. The van der Waals surface area contributed by atoms with E-state index in [2.05, 4.69) is 46.9 Å². The Hall–Kier alpha value is -1.41. The monoisotopic (exact) mass is 258 g/mol. The minimum Gasteiger partial charge on any atom is -0.359 e. The summed E-state index contributed by atoms with van der Waals surface area (Å²) in [6.07, 6.45) is 4.62. The van der Waals surface area contributed by atoms with Crippen LogP contribution in [0.1, 0.15) is 25.5 Å². The molecule has 1 unspecified atom stereocenters. The smallest absolute Gasteiger partial charge is 0.0780 e. The Morgan fingerprint density at radius 2 is 2.11 bits per heavy atom. The molecule has 0 saturated carbocycles. The summed E-state index contributed by atoms with van der Waals surface area (Å²) in [5.74, 6) is 0. The van der Waals surface area contributed by atoms with Crippen LogP contribution in [0.2, 0.25) is 5.02 Å². The Morgan fingerprint density at radius 3 is 3.00 bits per heavy atom. The van der Waals surface area contributed by atoms with Crippen LogP contribution in [0.5, 0.6) is 0 Å². The van der Waals surface area contributed by atoms with E-state index in [0.29, 0.717) is 0 Å². The second-order valence-corrected chi connectivity index (χ2v) is 5.86. The summed E-state index contributed by atoms with van der Waals surface area (Å²) < 4.78 is 2.29. The van der Waals surface area contributed by atoms with Crippen LogP contribution in [-0.2, 0) is 5.54 Å². The lowest BCUT2D eigenvalue weighted by Gasteiger charge is -2.43. The Labute approximate surface area is 112 Å². The first-order chi connectivity index (χ1) is 8.70. The van der Waals surface area contributed by atoms with E-state index < -0.39 is 0 Å². The number of benzene rings is 1. The van der Waals surface area contributed by atoms with Crippen molar-refractivity contribution in [2.75, 3.05) is 11.4 Å². The molecule has 0 N–H and O–H groups in total. The second kappa shape index (κ2) is 3.33. The van der Waals surface area contributed by atoms with E-state index in [0.717, 1.165) is 11.6 Å². The molecule has 3 heterocycles. The van der Waals surface area contributed by atoms with E-state index in [1.165, 1.54) is 29.9 Å². The van der Waals surface area contributed by atoms with E-state index in [-0.39, 0.29) is 5.54 Å². The van der Waals surface area contributed by atoms with Gasteiger partial charge in [0.2, 0.25) is 0 Å². The summed E-state index contributed by atoms with van der Waals surface area (Å²) in [7, 11) is 0. The van der Waals surface area contributed by atoms with Crippen LogP contribution in [0.4, 0.5) is 5.69 Å². The predicted molar refractivity (Wildman–Crippen MR) is 74.7 cm³/mol. The van der Waals surface area contributed by atoms with Crippen molar-refractivity contribution in [3.8, 4) is 5.69 Å². The van der Waals surface area contributed by atoms with Crippen molar-refractivity contribution in [1.29, 1.82) is 0 Å². The van der Waals surface area contributed by atoms with Crippen molar-refractivity contribution in [2.45, 2.75) is 25.3 Å². The first kappa shape index (κ1) is 10.5. The van der Waals surface area contributed by atoms with Gasteiger partial charge in [-0.3, -0.25) is 0 Å². The molecule has 0 bridgehead atoms. The maximum absolute atomic E-state index is 6.16. The van der Waals surface area contributed by atoms with Crippen molar-refractivity contribution in [1.82, 2.24) is 4.57 Å². The van der Waals surface area contributed by atoms with Gasteiger partial charge in [0, 0.05) is 23.5 Å². The average Bonchev–Trinajstić information content (AvgIpc) is 2.95. The molecule has 1 aromatic heterocycles. The van der Waals surface area contributed by atoms with Gasteiger partial charge in [-0.05, 0) is 50.1 Å². The maximum Gasteiger partial charge on any atom is 0.0780 e. The third-order valence-electron chi connectivity index (χ3n) is 4.43. The number of anilines is 1. The van der Waals surface area contributed by atoms with Crippen LogP contribution < -0.4 is 4.90 Å². The number of nitrogens with zero attached hydrogens (tertiary/aromatic N) is 2. The van der Waals surface area contributed by atoms with E-state index in [1.54, 1.807) is 0 Å². The SMILES string of the molecule is CC12CCCN1c1ccc(Cl)cc1-n1cccc12. The van der Waals surface area contributed by atoms with E-state index in [4.69, 9.17) is 11.6 Å². The molecule has 18 heavy (non-hydrogen) atoms. The normalized spacial score (nSPS) is 24.7. The zero-order valence-corrected chi connectivity index (χ0v) is 11.1. The quantitative estimate of drug-likeness (QED) is 0.694. The highest BCUT2D eigenvalue weighted by atomic mass is 35.5. The summed E-state index contributed by atoms with van der Waals surface area (Å²) in [5, 5.41) is 0.802. The molecule has 3 heteroatoms. The fourth-order valence-corrected chi connectivity index (χ4v) is 3.73. The van der Waals surface area contributed by atoms with Crippen LogP contribution >= 0.6 is 11.6 Å². The van der Waals surface area contributed by atoms with Crippen molar-refractivity contribution in [3.05, 3.63) is 47.2 Å². The molecule has 1 aromatic carbocycles. The van der Waals surface area contributed by atoms with Crippen molar-refractivity contribution in [2.24, 2.45) is 0 Å². The highest BCUT2D eigenvalue weighted by Crippen LogP contribution is 2.48. The van der Waals surface area contributed by atoms with Crippen molar-refractivity contribution in [3.63, 3.8) is 0 Å². The molecule has 0 amide bonds. The Kier molecular flexibility index (Phi) is 1.94. The van der Waals surface area contributed by atoms with Crippen LogP contribution in [0, 0.1) is 0 Å². The number of halogens is 1. The lowest BCUT2D eigenvalue weighted by molar-refractivity contribution is 0.458. The molecule has 0 spiro atoms. The fraction of sp³-hybridized carbons (Fsp3) is 0.333. The molecule has 1 fully saturated rings. The second-order valence-electron chi connectivity index (χ2n) is 5.43. The summed E-state index contributed by atoms with van der Waals surface area (Å²) in [6.45, 7) is 3.49. The van der Waals surface area contributed by atoms with Crippen molar-refractivity contribution < 1.29 is 0 Å². The van der Waals surface area contributed by atoms with Gasteiger partial charge in [0.25, 0.3) is 0 Å². The Bertz CT molecular complexity index is 631. The molecular formula is C15H15ClN2. The van der Waals surface area contributed by atoms with Gasteiger partial charge in [-0.1, -0.05) is 11.6 Å². The molecule has 92 valence electrons. The standard InChI is InChI=1S/C15H15ClN2/c1-15-7-3-9-18(15)12-6-5-11(16)10-13(12)17-8-2-4-14(15)17/h2,4-6,8,10H,3,7,9H2,1H3. The lowest BCUT2D eigenvalue weighted by atomic mass is 9.91. The zero-order valence-electron chi connectivity index (χ0n) is 10.4. The van der Waals surface area contributed by atoms with E-state index >= 15 is 0 Å². The van der Waals surface area contributed by atoms with Gasteiger partial charge in [0.05, 0.1) is 16.9 Å². The molecule has 2 aliphatic rings. The number of fused-ring (bicyclic) bond motifs is 6. The maximum atomic E-state index is 6.16. The molecule has 4 rings (SSSR count). The highest BCUT2D eigenvalue weighted by molar-refractivity contribution is 6.30. The summed E-state index contributed by atoms with van der Waals surface area (Å²) in [6, 6.07) is 10.6. The van der Waals surface area contributed by atoms with Gasteiger partial charge < -0.3 is 9.47 Å². The number of aromatic nitrogens is 1. The first-order valence-electron chi connectivity index (χ1n) is 6.45. The molecular weight excluding hydrogens is 244 g/mol. The van der Waals surface area contributed by atoms with Gasteiger partial charge in [0.15, 0.2) is 0 Å². The molecule has 2 aliphatic heterocycles. The molecule has 1 saturated heterocycles. The van der Waals surface area contributed by atoms with Gasteiger partial charge in [0.1, 0.15) is 0 Å². The first-order valence-corrected chi connectivity index (χ1v) is 6.83. The third-order valence-corrected chi connectivity index (χ3v) is 4.66. The minimum absolute atomic E-state index is 0.143. The van der Waals surface area contributed by atoms with Gasteiger partial charge in [-0.25, -0.2) is 0 Å². The summed E-state index contributed by atoms with van der Waals surface area (Å²) in [4.78, 5) is 2.54. The summed E-state index contributed by atoms with van der Waals surface area (Å²) >= 11 is 6.16. The molecule has 0 radical (unpaired) electrons. The van der Waals surface area contributed by atoms with Crippen LogP contribution in [0.3, 0.4) is 0 Å². The van der Waals surface area contributed by atoms with Gasteiger partial charge in [-0.2, -0.15) is 0 Å². The van der Waals surface area contributed by atoms with Crippen LogP contribution in [0.15, 0.2) is 36.5 Å². The van der Waals surface area contributed by atoms with Gasteiger partial charge >= 0.3 is 0 Å². The van der Waals surface area contributed by atoms with Crippen LogP contribution in [0.25, 0.3) is 5.69 Å². The molecule has 0 aliphatic carbocycles.